The second-order valence-corrected chi connectivity index (χ2v) is 22.2. The highest BCUT2D eigenvalue weighted by Gasteiger charge is 2.53. The molecule has 3 aliphatic heterocycles. The fourth-order valence-electron chi connectivity index (χ4n) is 10.3. The Kier molecular flexibility index (Phi) is 39.4. The van der Waals surface area contributed by atoms with Gasteiger partial charge in [0.25, 0.3) is 0 Å². The van der Waals surface area contributed by atoms with Crippen molar-refractivity contribution in [2.24, 2.45) is 0 Å². The first-order valence-electron chi connectivity index (χ1n) is 30.7. The minimum absolute atomic E-state index is 0.224. The molecule has 0 radical (unpaired) electrons. The zero-order chi connectivity index (χ0) is 57.6. The highest BCUT2D eigenvalue weighted by Crippen LogP contribution is 2.33. The van der Waals surface area contributed by atoms with Gasteiger partial charge >= 0.3 is 0 Å². The van der Waals surface area contributed by atoms with Crippen molar-refractivity contribution >= 4 is 5.91 Å². The number of rotatable bonds is 45. The van der Waals surface area contributed by atoms with Crippen LogP contribution in [0.5, 0.6) is 0 Å². The average Bonchev–Trinajstić information content (AvgIpc) is 3.51. The van der Waals surface area contributed by atoms with Crippen molar-refractivity contribution in [2.75, 3.05) is 26.4 Å². The molecule has 17 atom stereocenters. The van der Waals surface area contributed by atoms with E-state index in [-0.39, 0.29) is 18.9 Å². The van der Waals surface area contributed by atoms with Crippen molar-refractivity contribution in [3.63, 3.8) is 0 Å². The number of aliphatic hydroxyl groups excluding tert-OH is 11. The van der Waals surface area contributed by atoms with Crippen LogP contribution in [0.1, 0.15) is 206 Å². The van der Waals surface area contributed by atoms with Gasteiger partial charge in [-0.3, -0.25) is 4.79 Å². The van der Waals surface area contributed by atoms with Crippen LogP contribution < -0.4 is 5.32 Å². The molecule has 0 aromatic carbocycles. The van der Waals surface area contributed by atoms with Gasteiger partial charge in [-0.2, -0.15) is 0 Å². The molecule has 19 heteroatoms. The van der Waals surface area contributed by atoms with Crippen molar-refractivity contribution in [3.05, 3.63) is 36.5 Å². The number of aliphatic hydroxyl groups is 11. The monoisotopic (exact) mass is 1130 g/mol. The van der Waals surface area contributed by atoms with Crippen LogP contribution in [-0.2, 0) is 33.2 Å². The van der Waals surface area contributed by atoms with E-state index in [1.54, 1.807) is 6.08 Å². The second kappa shape index (κ2) is 43.6. The zero-order valence-electron chi connectivity index (χ0n) is 48.1. The highest BCUT2D eigenvalue weighted by atomic mass is 16.8. The summed E-state index contributed by atoms with van der Waals surface area (Å²) in [6.45, 7) is 1.62. The lowest BCUT2D eigenvalue weighted by atomic mass is 9.96. The Morgan fingerprint density at radius 1 is 0.443 bits per heavy atom. The number of carbonyl (C=O) groups is 1. The topological polar surface area (TPSA) is 307 Å². The molecule has 3 fully saturated rings. The van der Waals surface area contributed by atoms with E-state index >= 15 is 0 Å². The normalized spacial score (nSPS) is 30.5. The van der Waals surface area contributed by atoms with Gasteiger partial charge in [0.05, 0.1) is 38.6 Å². The van der Waals surface area contributed by atoms with Gasteiger partial charge in [-0.25, -0.2) is 0 Å². The van der Waals surface area contributed by atoms with E-state index in [9.17, 15) is 61.0 Å². The van der Waals surface area contributed by atoms with Crippen LogP contribution in [0, 0.1) is 0 Å². The Labute approximate surface area is 472 Å². The van der Waals surface area contributed by atoms with E-state index in [2.05, 4.69) is 43.5 Å². The predicted octanol–water partition coefficient (Wildman–Crippen LogP) is 5.71. The zero-order valence-corrected chi connectivity index (χ0v) is 48.1. The molecule has 0 aliphatic carbocycles. The van der Waals surface area contributed by atoms with Crippen molar-refractivity contribution in [2.45, 2.75) is 311 Å². The van der Waals surface area contributed by atoms with Crippen LogP contribution in [0.2, 0.25) is 0 Å². The standard InChI is InChI=1S/C60H109NO18/c1-3-5-7-9-11-13-15-16-17-18-19-20-21-22-23-24-25-26-27-28-29-31-33-35-37-44(65)43(61-48(66)38-36-34-32-30-14-12-10-8-6-4-2)42-74-58-54(72)51(69)56(46(40-63)76-58)79-60-55(73)52(70)57(47(41-64)77-60)78-59-53(71)50(68)49(67)45(39-62)75-59/h8,10,28-29,35,37,43-47,49-60,62-65,67-73H,3-7,9,11-27,30-34,36,38-42H2,1-2H3,(H,61,66)/b10-8-,29-28+,37-35+. The lowest BCUT2D eigenvalue weighted by molar-refractivity contribution is -0.379. The summed E-state index contributed by atoms with van der Waals surface area (Å²) >= 11 is 0. The fraction of sp³-hybridized carbons (Fsp3) is 0.883. The maximum atomic E-state index is 13.2. The highest BCUT2D eigenvalue weighted by molar-refractivity contribution is 5.76. The van der Waals surface area contributed by atoms with Crippen molar-refractivity contribution in [1.82, 2.24) is 5.32 Å². The van der Waals surface area contributed by atoms with Gasteiger partial charge in [0.2, 0.25) is 5.91 Å². The van der Waals surface area contributed by atoms with Gasteiger partial charge in [-0.05, 0) is 51.4 Å². The van der Waals surface area contributed by atoms with Crippen molar-refractivity contribution < 1.29 is 89.4 Å². The Balaban J connectivity index is 1.47. The molecule has 0 aromatic rings. The van der Waals surface area contributed by atoms with Crippen LogP contribution >= 0.6 is 0 Å². The average molecular weight is 1130 g/mol. The minimum Gasteiger partial charge on any atom is -0.394 e. The number of unbranched alkanes of at least 4 members (excludes halogenated alkanes) is 25. The molecule has 1 amide bonds. The van der Waals surface area contributed by atoms with E-state index in [0.29, 0.717) is 12.8 Å². The third-order valence-electron chi connectivity index (χ3n) is 15.4. The summed E-state index contributed by atoms with van der Waals surface area (Å²) in [7, 11) is 0. The summed E-state index contributed by atoms with van der Waals surface area (Å²) in [5, 5.41) is 120. The molecular weight excluding hydrogens is 1020 g/mol. The predicted molar refractivity (Wildman–Crippen MR) is 300 cm³/mol. The molecule has 3 rings (SSSR count). The molecule has 19 nitrogen and oxygen atoms in total. The molecule has 0 spiro atoms. The minimum atomic E-state index is -1.98. The smallest absolute Gasteiger partial charge is 0.220 e. The van der Waals surface area contributed by atoms with Gasteiger partial charge in [0.15, 0.2) is 18.9 Å². The van der Waals surface area contributed by atoms with Crippen molar-refractivity contribution in [1.29, 1.82) is 0 Å². The summed E-state index contributed by atoms with van der Waals surface area (Å²) in [5.41, 5.74) is 0. The summed E-state index contributed by atoms with van der Waals surface area (Å²) in [5.74, 6) is -0.298. The maximum Gasteiger partial charge on any atom is 0.220 e. The molecule has 79 heavy (non-hydrogen) atoms. The number of carbonyl (C=O) groups excluding carboxylic acids is 1. The largest absolute Gasteiger partial charge is 0.394 e. The number of allylic oxidation sites excluding steroid dienone is 5. The Hall–Kier alpha value is -1.99. The quantitative estimate of drug-likeness (QED) is 0.0257. The van der Waals surface area contributed by atoms with E-state index in [1.165, 1.54) is 109 Å². The second-order valence-electron chi connectivity index (χ2n) is 22.2. The van der Waals surface area contributed by atoms with Crippen LogP contribution in [-0.4, -0.2) is 193 Å². The summed E-state index contributed by atoms with van der Waals surface area (Å²) < 4.78 is 34.2. The number of hydrogen-bond acceptors (Lipinski definition) is 18. The van der Waals surface area contributed by atoms with Crippen molar-refractivity contribution in [3.8, 4) is 0 Å². The third kappa shape index (κ3) is 27.5. The van der Waals surface area contributed by atoms with Gasteiger partial charge in [0.1, 0.15) is 73.2 Å². The summed E-state index contributed by atoms with van der Waals surface area (Å²) in [6, 6.07) is -0.992. The lowest BCUT2D eigenvalue weighted by Crippen LogP contribution is -2.66. The first kappa shape index (κ1) is 71.3. The molecule has 0 aromatic heterocycles. The molecule has 12 N–H and O–H groups in total. The summed E-state index contributed by atoms with van der Waals surface area (Å²) in [4.78, 5) is 13.2. The molecule has 0 saturated carbocycles. The number of ether oxygens (including phenoxy) is 6. The van der Waals surface area contributed by atoms with Gasteiger partial charge in [-0.15, -0.1) is 0 Å². The van der Waals surface area contributed by atoms with Gasteiger partial charge in [-0.1, -0.05) is 185 Å². The van der Waals surface area contributed by atoms with E-state index in [0.717, 1.165) is 64.2 Å². The molecule has 17 unspecified atom stereocenters. The fourth-order valence-corrected chi connectivity index (χ4v) is 10.3. The van der Waals surface area contributed by atoms with E-state index in [4.69, 9.17) is 28.4 Å². The van der Waals surface area contributed by atoms with Crippen LogP contribution in [0.3, 0.4) is 0 Å². The SMILES string of the molecule is CCC/C=C\CCCCCCCC(=O)NC(COC1OC(CO)C(OC2OC(CO)C(OC3OC(CO)C(O)C(O)C3O)C(O)C2O)C(O)C1O)C(O)/C=C/CC/C=C/CCCCCCCCCCCCCCCCCCCC. The first-order valence-corrected chi connectivity index (χ1v) is 30.7. The van der Waals surface area contributed by atoms with E-state index < -0.39 is 124 Å². The van der Waals surface area contributed by atoms with Crippen LogP contribution in [0.15, 0.2) is 36.5 Å². The van der Waals surface area contributed by atoms with E-state index in [1.807, 2.05) is 6.08 Å². The molecule has 3 aliphatic rings. The molecule has 462 valence electrons. The van der Waals surface area contributed by atoms with Gasteiger partial charge < -0.3 is 89.9 Å². The molecule has 0 bridgehead atoms. The lowest BCUT2D eigenvalue weighted by Gasteiger charge is -2.48. The summed E-state index contributed by atoms with van der Waals surface area (Å²) in [6.07, 6.45) is 20.2. The Bertz CT molecular complexity index is 1590. The molecular formula is C60H109NO18. The van der Waals surface area contributed by atoms with Crippen LogP contribution in [0.4, 0.5) is 0 Å². The first-order chi connectivity index (χ1) is 38.3. The number of nitrogens with one attached hydrogen (secondary N) is 1. The van der Waals surface area contributed by atoms with Crippen LogP contribution in [0.25, 0.3) is 0 Å². The maximum absolute atomic E-state index is 13.2. The third-order valence-corrected chi connectivity index (χ3v) is 15.4. The Morgan fingerprint density at radius 2 is 0.835 bits per heavy atom. The molecule has 3 saturated heterocycles. The molecule has 3 heterocycles. The Morgan fingerprint density at radius 3 is 1.32 bits per heavy atom. The van der Waals surface area contributed by atoms with Gasteiger partial charge in [0, 0.05) is 6.42 Å². The number of hydrogen-bond donors (Lipinski definition) is 12. The number of amides is 1.